The zero-order valence-electron chi connectivity index (χ0n) is 11.7. The standard InChI is InChI=1S/C15H16F3NO2/c1-3-4-5-6-14(20)19-12-8-7-11(2)9-13(12)21-10-15(16,17)18/h3-9H,10H2,1-2H3,(H,19,20)/b4-3+,6-5+. The van der Waals surface area contributed by atoms with Crippen LogP contribution in [0.15, 0.2) is 42.5 Å². The average molecular weight is 299 g/mol. The molecule has 0 radical (unpaired) electrons. The molecular formula is C15H16F3NO2. The van der Waals surface area contributed by atoms with Gasteiger partial charge in [-0.15, -0.1) is 0 Å². The Morgan fingerprint density at radius 1 is 1.33 bits per heavy atom. The fourth-order valence-electron chi connectivity index (χ4n) is 1.44. The Kier molecular flexibility index (Phi) is 6.02. The minimum Gasteiger partial charge on any atom is -0.482 e. The maximum atomic E-state index is 12.2. The fraction of sp³-hybridized carbons (Fsp3) is 0.267. The van der Waals surface area contributed by atoms with Crippen molar-refractivity contribution >= 4 is 11.6 Å². The van der Waals surface area contributed by atoms with Gasteiger partial charge >= 0.3 is 6.18 Å². The molecule has 1 aromatic carbocycles. The molecule has 0 heterocycles. The number of nitrogens with one attached hydrogen (secondary N) is 1. The number of aryl methyl sites for hydroxylation is 1. The number of carbonyl (C=O) groups excluding carboxylic acids is 1. The Bertz CT molecular complexity index is 548. The van der Waals surface area contributed by atoms with Crippen LogP contribution in [0, 0.1) is 6.92 Å². The van der Waals surface area contributed by atoms with Gasteiger partial charge in [0.05, 0.1) is 5.69 Å². The van der Waals surface area contributed by atoms with E-state index < -0.39 is 18.7 Å². The van der Waals surface area contributed by atoms with Gasteiger partial charge in [0.15, 0.2) is 6.61 Å². The number of amides is 1. The van der Waals surface area contributed by atoms with Gasteiger partial charge in [0.2, 0.25) is 5.91 Å². The molecule has 0 bridgehead atoms. The molecule has 0 saturated carbocycles. The molecule has 0 atom stereocenters. The van der Waals surface area contributed by atoms with Crippen LogP contribution in [0.4, 0.5) is 18.9 Å². The molecular weight excluding hydrogens is 283 g/mol. The van der Waals surface area contributed by atoms with Gasteiger partial charge < -0.3 is 10.1 Å². The van der Waals surface area contributed by atoms with E-state index in [9.17, 15) is 18.0 Å². The number of benzene rings is 1. The summed E-state index contributed by atoms with van der Waals surface area (Å²) in [5.41, 5.74) is 0.926. The summed E-state index contributed by atoms with van der Waals surface area (Å²) in [5, 5.41) is 2.48. The molecule has 21 heavy (non-hydrogen) atoms. The highest BCUT2D eigenvalue weighted by Gasteiger charge is 2.28. The van der Waals surface area contributed by atoms with Gasteiger partial charge in [0.1, 0.15) is 5.75 Å². The number of halogens is 3. The van der Waals surface area contributed by atoms with E-state index in [1.54, 1.807) is 32.1 Å². The Morgan fingerprint density at radius 3 is 2.67 bits per heavy atom. The SMILES string of the molecule is C/C=C/C=C/C(=O)Nc1ccc(C)cc1OCC(F)(F)F. The monoisotopic (exact) mass is 299 g/mol. The van der Waals surface area contributed by atoms with Gasteiger partial charge in [0.25, 0.3) is 0 Å². The highest BCUT2D eigenvalue weighted by Crippen LogP contribution is 2.27. The number of rotatable bonds is 5. The number of ether oxygens (including phenoxy) is 1. The predicted octanol–water partition coefficient (Wildman–Crippen LogP) is 4.01. The van der Waals surface area contributed by atoms with Crippen molar-refractivity contribution in [1.82, 2.24) is 0 Å². The molecule has 1 amide bonds. The van der Waals surface area contributed by atoms with Crippen LogP contribution in [0.5, 0.6) is 5.75 Å². The lowest BCUT2D eigenvalue weighted by Crippen LogP contribution is -2.20. The highest BCUT2D eigenvalue weighted by molar-refractivity contribution is 6.00. The van der Waals surface area contributed by atoms with Gasteiger partial charge in [-0.25, -0.2) is 0 Å². The highest BCUT2D eigenvalue weighted by atomic mass is 19.4. The van der Waals surface area contributed by atoms with Crippen LogP contribution in [0.3, 0.4) is 0 Å². The van der Waals surface area contributed by atoms with E-state index in [4.69, 9.17) is 4.74 Å². The average Bonchev–Trinajstić information content (AvgIpc) is 2.38. The van der Waals surface area contributed by atoms with Crippen molar-refractivity contribution in [2.45, 2.75) is 20.0 Å². The summed E-state index contributed by atoms with van der Waals surface area (Å²) in [6, 6.07) is 4.62. The van der Waals surface area contributed by atoms with Crippen molar-refractivity contribution in [2.24, 2.45) is 0 Å². The van der Waals surface area contributed by atoms with Crippen molar-refractivity contribution in [1.29, 1.82) is 0 Å². The number of anilines is 1. The van der Waals surface area contributed by atoms with Gasteiger partial charge in [-0.05, 0) is 31.5 Å². The molecule has 1 rings (SSSR count). The minimum absolute atomic E-state index is 0.0138. The van der Waals surface area contributed by atoms with E-state index in [1.807, 2.05) is 0 Å². The van der Waals surface area contributed by atoms with Crippen molar-refractivity contribution < 1.29 is 22.7 Å². The van der Waals surface area contributed by atoms with Gasteiger partial charge in [-0.3, -0.25) is 4.79 Å². The minimum atomic E-state index is -4.43. The first-order valence-corrected chi connectivity index (χ1v) is 6.22. The third-order valence-electron chi connectivity index (χ3n) is 2.34. The molecule has 1 N–H and O–H groups in total. The molecule has 0 aliphatic heterocycles. The molecule has 0 spiro atoms. The Balaban J connectivity index is 2.83. The van der Waals surface area contributed by atoms with Gasteiger partial charge in [0, 0.05) is 6.08 Å². The molecule has 114 valence electrons. The third kappa shape index (κ3) is 6.65. The van der Waals surface area contributed by atoms with Crippen LogP contribution in [-0.4, -0.2) is 18.7 Å². The van der Waals surface area contributed by atoms with Crippen LogP contribution in [0.2, 0.25) is 0 Å². The molecule has 0 aliphatic rings. The molecule has 1 aromatic rings. The molecule has 6 heteroatoms. The Hall–Kier alpha value is -2.24. The van der Waals surface area contributed by atoms with E-state index >= 15 is 0 Å². The van der Waals surface area contributed by atoms with E-state index in [-0.39, 0.29) is 11.4 Å². The summed E-state index contributed by atoms with van der Waals surface area (Å²) >= 11 is 0. The van der Waals surface area contributed by atoms with Crippen LogP contribution >= 0.6 is 0 Å². The quantitative estimate of drug-likeness (QED) is 0.659. The van der Waals surface area contributed by atoms with Crippen molar-refractivity contribution in [3.05, 3.63) is 48.1 Å². The van der Waals surface area contributed by atoms with E-state index in [1.165, 1.54) is 24.3 Å². The van der Waals surface area contributed by atoms with E-state index in [0.29, 0.717) is 0 Å². The summed E-state index contributed by atoms with van der Waals surface area (Å²) < 4.78 is 41.4. The maximum absolute atomic E-state index is 12.2. The lowest BCUT2D eigenvalue weighted by Gasteiger charge is -2.14. The largest absolute Gasteiger partial charge is 0.482 e. The second-order valence-electron chi connectivity index (χ2n) is 4.28. The first-order chi connectivity index (χ1) is 9.81. The maximum Gasteiger partial charge on any atom is 0.422 e. The van der Waals surface area contributed by atoms with Crippen molar-refractivity contribution in [3.63, 3.8) is 0 Å². The molecule has 0 unspecified atom stereocenters. The normalized spacial score (nSPS) is 12.0. The van der Waals surface area contributed by atoms with E-state index in [2.05, 4.69) is 5.32 Å². The predicted molar refractivity (Wildman–Crippen MR) is 75.3 cm³/mol. The van der Waals surface area contributed by atoms with Crippen LogP contribution < -0.4 is 10.1 Å². The summed E-state index contributed by atoms with van der Waals surface area (Å²) in [7, 11) is 0. The number of allylic oxidation sites excluding steroid dienone is 3. The van der Waals surface area contributed by atoms with Gasteiger partial charge in [-0.1, -0.05) is 24.3 Å². The second-order valence-corrected chi connectivity index (χ2v) is 4.28. The number of hydrogen-bond donors (Lipinski definition) is 1. The smallest absolute Gasteiger partial charge is 0.422 e. The topological polar surface area (TPSA) is 38.3 Å². The van der Waals surface area contributed by atoms with Crippen LogP contribution in [-0.2, 0) is 4.79 Å². The molecule has 0 aromatic heterocycles. The Morgan fingerprint density at radius 2 is 2.05 bits per heavy atom. The zero-order valence-corrected chi connectivity index (χ0v) is 11.7. The molecule has 3 nitrogen and oxygen atoms in total. The second kappa shape index (κ2) is 7.52. The first-order valence-electron chi connectivity index (χ1n) is 6.22. The first kappa shape index (κ1) is 16.8. The molecule has 0 saturated heterocycles. The number of carbonyl (C=O) groups is 1. The summed E-state index contributed by atoms with van der Waals surface area (Å²) in [5.74, 6) is -0.464. The Labute approximate surface area is 121 Å². The van der Waals surface area contributed by atoms with Crippen molar-refractivity contribution in [2.75, 3.05) is 11.9 Å². The summed E-state index contributed by atoms with van der Waals surface area (Å²) in [6.45, 7) is 2.11. The fourth-order valence-corrected chi connectivity index (χ4v) is 1.44. The zero-order chi connectivity index (χ0) is 15.9. The summed E-state index contributed by atoms with van der Waals surface area (Å²) in [6.07, 6.45) is 1.77. The molecule has 0 aliphatic carbocycles. The summed E-state index contributed by atoms with van der Waals surface area (Å²) in [4.78, 5) is 11.6. The molecule has 0 fully saturated rings. The van der Waals surface area contributed by atoms with Crippen LogP contribution in [0.25, 0.3) is 0 Å². The number of alkyl halides is 3. The lowest BCUT2D eigenvalue weighted by molar-refractivity contribution is -0.153. The van der Waals surface area contributed by atoms with E-state index in [0.717, 1.165) is 5.56 Å². The number of hydrogen-bond acceptors (Lipinski definition) is 2. The van der Waals surface area contributed by atoms with Gasteiger partial charge in [-0.2, -0.15) is 13.2 Å². The van der Waals surface area contributed by atoms with Crippen molar-refractivity contribution in [3.8, 4) is 5.75 Å². The third-order valence-corrected chi connectivity index (χ3v) is 2.34. The lowest BCUT2D eigenvalue weighted by atomic mass is 10.2. The van der Waals surface area contributed by atoms with Crippen LogP contribution in [0.1, 0.15) is 12.5 Å².